The van der Waals surface area contributed by atoms with Gasteiger partial charge in [0.15, 0.2) is 0 Å². The zero-order chi connectivity index (χ0) is 12.5. The van der Waals surface area contributed by atoms with Crippen molar-refractivity contribution in [3.8, 4) is 11.3 Å². The van der Waals surface area contributed by atoms with E-state index in [4.69, 9.17) is 5.73 Å². The molecule has 0 aliphatic heterocycles. The Labute approximate surface area is 110 Å². The molecule has 1 heterocycles. The number of hydrogen-bond acceptors (Lipinski definition) is 2. The molecule has 0 saturated heterocycles. The van der Waals surface area contributed by atoms with Crippen molar-refractivity contribution in [2.24, 2.45) is 5.73 Å². The van der Waals surface area contributed by atoms with E-state index < -0.39 is 0 Å². The standard InChI is InChI=1S/C13H16BrN3/c1-13(2,8-15)17-9-16-7-12(17)10-4-3-5-11(14)6-10/h3-7,9H,8,15H2,1-2H3. The fourth-order valence-corrected chi connectivity index (χ4v) is 2.14. The first-order chi connectivity index (χ1) is 8.04. The highest BCUT2D eigenvalue weighted by Gasteiger charge is 2.21. The highest BCUT2D eigenvalue weighted by molar-refractivity contribution is 9.10. The first-order valence-corrected chi connectivity index (χ1v) is 6.33. The van der Waals surface area contributed by atoms with E-state index in [2.05, 4.69) is 51.5 Å². The molecule has 4 heteroatoms. The van der Waals surface area contributed by atoms with E-state index in [-0.39, 0.29) is 5.54 Å². The fraction of sp³-hybridized carbons (Fsp3) is 0.308. The van der Waals surface area contributed by atoms with Crippen LogP contribution in [-0.2, 0) is 5.54 Å². The Morgan fingerprint density at radius 2 is 2.18 bits per heavy atom. The molecule has 0 spiro atoms. The van der Waals surface area contributed by atoms with Crippen LogP contribution in [0, 0.1) is 0 Å². The molecular weight excluding hydrogens is 278 g/mol. The Hall–Kier alpha value is -1.13. The number of benzene rings is 1. The summed E-state index contributed by atoms with van der Waals surface area (Å²) in [5.74, 6) is 0. The van der Waals surface area contributed by atoms with E-state index in [9.17, 15) is 0 Å². The maximum absolute atomic E-state index is 5.82. The number of hydrogen-bond donors (Lipinski definition) is 1. The van der Waals surface area contributed by atoms with Crippen LogP contribution in [0.3, 0.4) is 0 Å². The minimum absolute atomic E-state index is 0.131. The third-order valence-electron chi connectivity index (χ3n) is 2.91. The minimum Gasteiger partial charge on any atom is -0.328 e. The second kappa shape index (κ2) is 4.63. The van der Waals surface area contributed by atoms with E-state index >= 15 is 0 Å². The molecule has 1 aromatic heterocycles. The van der Waals surface area contributed by atoms with Crippen molar-refractivity contribution in [2.75, 3.05) is 6.54 Å². The highest BCUT2D eigenvalue weighted by atomic mass is 79.9. The van der Waals surface area contributed by atoms with Gasteiger partial charge in [0, 0.05) is 16.6 Å². The van der Waals surface area contributed by atoms with Gasteiger partial charge in [0.05, 0.1) is 23.8 Å². The lowest BCUT2D eigenvalue weighted by Crippen LogP contribution is -2.34. The third-order valence-corrected chi connectivity index (χ3v) is 3.40. The molecule has 1 aromatic carbocycles. The summed E-state index contributed by atoms with van der Waals surface area (Å²) < 4.78 is 3.18. The molecule has 0 radical (unpaired) electrons. The van der Waals surface area contributed by atoms with Crippen LogP contribution in [0.15, 0.2) is 41.3 Å². The van der Waals surface area contributed by atoms with Gasteiger partial charge in [-0.3, -0.25) is 0 Å². The molecule has 0 fully saturated rings. The summed E-state index contributed by atoms with van der Waals surface area (Å²) in [6.45, 7) is 4.79. The van der Waals surface area contributed by atoms with Gasteiger partial charge in [0.1, 0.15) is 0 Å². The molecule has 2 aromatic rings. The summed E-state index contributed by atoms with van der Waals surface area (Å²) in [5, 5.41) is 0. The predicted molar refractivity (Wildman–Crippen MR) is 73.7 cm³/mol. The van der Waals surface area contributed by atoms with Crippen LogP contribution in [0.25, 0.3) is 11.3 Å². The van der Waals surface area contributed by atoms with E-state index in [0.717, 1.165) is 15.7 Å². The topological polar surface area (TPSA) is 43.8 Å². The zero-order valence-electron chi connectivity index (χ0n) is 10.0. The number of rotatable bonds is 3. The smallest absolute Gasteiger partial charge is 0.0956 e. The van der Waals surface area contributed by atoms with Crippen molar-refractivity contribution in [1.29, 1.82) is 0 Å². The van der Waals surface area contributed by atoms with E-state index in [1.54, 1.807) is 0 Å². The monoisotopic (exact) mass is 293 g/mol. The lowest BCUT2D eigenvalue weighted by molar-refractivity contribution is 0.370. The molecule has 90 valence electrons. The fourth-order valence-electron chi connectivity index (χ4n) is 1.74. The van der Waals surface area contributed by atoms with Crippen molar-refractivity contribution < 1.29 is 0 Å². The molecule has 0 bridgehead atoms. The molecule has 0 atom stereocenters. The van der Waals surface area contributed by atoms with E-state index in [1.165, 1.54) is 0 Å². The Kier molecular flexibility index (Phi) is 3.35. The number of nitrogens with two attached hydrogens (primary N) is 1. The van der Waals surface area contributed by atoms with Gasteiger partial charge < -0.3 is 10.3 Å². The van der Waals surface area contributed by atoms with Crippen LogP contribution in [-0.4, -0.2) is 16.1 Å². The molecule has 0 aliphatic rings. The van der Waals surface area contributed by atoms with Gasteiger partial charge in [0.2, 0.25) is 0 Å². The number of halogens is 1. The Morgan fingerprint density at radius 3 is 2.82 bits per heavy atom. The van der Waals surface area contributed by atoms with Gasteiger partial charge in [-0.2, -0.15) is 0 Å². The van der Waals surface area contributed by atoms with Crippen LogP contribution in [0.4, 0.5) is 0 Å². The lowest BCUT2D eigenvalue weighted by Gasteiger charge is -2.27. The average Bonchev–Trinajstić information content (AvgIpc) is 2.78. The quantitative estimate of drug-likeness (QED) is 0.945. The zero-order valence-corrected chi connectivity index (χ0v) is 11.6. The molecule has 2 N–H and O–H groups in total. The first-order valence-electron chi connectivity index (χ1n) is 5.53. The average molecular weight is 294 g/mol. The summed E-state index contributed by atoms with van der Waals surface area (Å²) >= 11 is 3.49. The molecule has 0 saturated carbocycles. The molecule has 0 unspecified atom stereocenters. The molecular formula is C13H16BrN3. The molecule has 0 amide bonds. The largest absolute Gasteiger partial charge is 0.328 e. The number of imidazole rings is 1. The summed E-state index contributed by atoms with van der Waals surface area (Å²) in [6.07, 6.45) is 3.71. The number of nitrogens with zero attached hydrogens (tertiary/aromatic N) is 2. The van der Waals surface area contributed by atoms with E-state index in [1.807, 2.05) is 24.7 Å². The minimum atomic E-state index is -0.131. The van der Waals surface area contributed by atoms with Gasteiger partial charge >= 0.3 is 0 Å². The van der Waals surface area contributed by atoms with Crippen LogP contribution in [0.1, 0.15) is 13.8 Å². The van der Waals surface area contributed by atoms with Crippen LogP contribution in [0.5, 0.6) is 0 Å². The van der Waals surface area contributed by atoms with Crippen molar-refractivity contribution in [2.45, 2.75) is 19.4 Å². The Balaban J connectivity index is 2.51. The maximum Gasteiger partial charge on any atom is 0.0956 e. The Morgan fingerprint density at radius 1 is 1.41 bits per heavy atom. The summed E-state index contributed by atoms with van der Waals surface area (Å²) in [4.78, 5) is 4.23. The van der Waals surface area contributed by atoms with Gasteiger partial charge in [-0.05, 0) is 26.0 Å². The lowest BCUT2D eigenvalue weighted by atomic mass is 10.0. The maximum atomic E-state index is 5.82. The normalized spacial score (nSPS) is 11.8. The SMILES string of the molecule is CC(C)(CN)n1cncc1-c1cccc(Br)c1. The van der Waals surface area contributed by atoms with Gasteiger partial charge in [-0.25, -0.2) is 4.98 Å². The summed E-state index contributed by atoms with van der Waals surface area (Å²) in [5.41, 5.74) is 7.91. The van der Waals surface area contributed by atoms with Crippen molar-refractivity contribution in [3.63, 3.8) is 0 Å². The molecule has 3 nitrogen and oxygen atoms in total. The van der Waals surface area contributed by atoms with Crippen LogP contribution < -0.4 is 5.73 Å². The van der Waals surface area contributed by atoms with Crippen LogP contribution in [0.2, 0.25) is 0 Å². The third kappa shape index (κ3) is 2.42. The van der Waals surface area contributed by atoms with Crippen molar-refractivity contribution in [3.05, 3.63) is 41.3 Å². The van der Waals surface area contributed by atoms with Crippen molar-refractivity contribution >= 4 is 15.9 Å². The van der Waals surface area contributed by atoms with Gasteiger partial charge in [-0.15, -0.1) is 0 Å². The summed E-state index contributed by atoms with van der Waals surface area (Å²) in [7, 11) is 0. The predicted octanol–water partition coefficient (Wildman–Crippen LogP) is 3.01. The first kappa shape index (κ1) is 12.3. The molecule has 0 aliphatic carbocycles. The molecule has 17 heavy (non-hydrogen) atoms. The molecule has 2 rings (SSSR count). The van der Waals surface area contributed by atoms with Crippen molar-refractivity contribution in [1.82, 2.24) is 9.55 Å². The van der Waals surface area contributed by atoms with Crippen LogP contribution >= 0.6 is 15.9 Å². The Bertz CT molecular complexity index is 517. The summed E-state index contributed by atoms with van der Waals surface area (Å²) in [6, 6.07) is 8.19. The highest BCUT2D eigenvalue weighted by Crippen LogP contribution is 2.27. The van der Waals surface area contributed by atoms with E-state index in [0.29, 0.717) is 6.54 Å². The van der Waals surface area contributed by atoms with Gasteiger partial charge in [0.25, 0.3) is 0 Å². The second-order valence-corrected chi connectivity index (χ2v) is 5.59. The number of aromatic nitrogens is 2. The van der Waals surface area contributed by atoms with Gasteiger partial charge in [-0.1, -0.05) is 28.1 Å². The second-order valence-electron chi connectivity index (χ2n) is 4.68.